The fourth-order valence-electron chi connectivity index (χ4n) is 2.39. The van der Waals surface area contributed by atoms with Gasteiger partial charge < -0.3 is 15.3 Å². The van der Waals surface area contributed by atoms with Gasteiger partial charge in [0.15, 0.2) is 0 Å². The smallest absolute Gasteiger partial charge is 0.231 e. The van der Waals surface area contributed by atoms with Crippen LogP contribution >= 0.6 is 0 Å². The van der Waals surface area contributed by atoms with Crippen molar-refractivity contribution in [3.63, 3.8) is 0 Å². The SMILES string of the molecule is CCC(CO)CNCc1ccc2c(c1)CC(=O)N2C. The number of aliphatic hydroxyl groups is 1. The van der Waals surface area contributed by atoms with E-state index in [-0.39, 0.29) is 12.5 Å². The molecule has 1 atom stereocenters. The van der Waals surface area contributed by atoms with Gasteiger partial charge in [0.1, 0.15) is 0 Å². The maximum Gasteiger partial charge on any atom is 0.231 e. The monoisotopic (exact) mass is 262 g/mol. The van der Waals surface area contributed by atoms with E-state index >= 15 is 0 Å². The standard InChI is InChI=1S/C15H22N2O2/c1-3-11(10-18)8-16-9-12-4-5-14-13(6-12)7-15(19)17(14)2/h4-6,11,16,18H,3,7-10H2,1-2H3. The van der Waals surface area contributed by atoms with Crippen molar-refractivity contribution in [3.8, 4) is 0 Å². The Morgan fingerprint density at radius 2 is 2.26 bits per heavy atom. The number of amides is 1. The number of hydrogen-bond donors (Lipinski definition) is 2. The van der Waals surface area contributed by atoms with E-state index in [1.54, 1.807) is 4.90 Å². The van der Waals surface area contributed by atoms with Crippen molar-refractivity contribution in [1.82, 2.24) is 5.32 Å². The predicted octanol–water partition coefficient (Wildman–Crippen LogP) is 1.31. The van der Waals surface area contributed by atoms with Crippen LogP contribution in [0.5, 0.6) is 0 Å². The fraction of sp³-hybridized carbons (Fsp3) is 0.533. The van der Waals surface area contributed by atoms with Gasteiger partial charge in [0.2, 0.25) is 5.91 Å². The lowest BCUT2D eigenvalue weighted by Crippen LogP contribution is -2.24. The van der Waals surface area contributed by atoms with E-state index in [0.29, 0.717) is 12.3 Å². The molecule has 4 heteroatoms. The third kappa shape index (κ3) is 3.14. The summed E-state index contributed by atoms with van der Waals surface area (Å²) in [6, 6.07) is 6.17. The molecule has 1 amide bonds. The van der Waals surface area contributed by atoms with E-state index in [1.807, 2.05) is 13.1 Å². The summed E-state index contributed by atoms with van der Waals surface area (Å²) in [6.45, 7) is 3.91. The number of carbonyl (C=O) groups is 1. The molecule has 2 N–H and O–H groups in total. The summed E-state index contributed by atoms with van der Waals surface area (Å²) < 4.78 is 0. The summed E-state index contributed by atoms with van der Waals surface area (Å²) in [5.74, 6) is 0.480. The second kappa shape index (κ2) is 6.17. The Morgan fingerprint density at radius 3 is 2.95 bits per heavy atom. The molecule has 0 spiro atoms. The van der Waals surface area contributed by atoms with E-state index in [1.165, 1.54) is 5.56 Å². The minimum Gasteiger partial charge on any atom is -0.396 e. The molecule has 1 heterocycles. The van der Waals surface area contributed by atoms with Crippen molar-refractivity contribution < 1.29 is 9.90 Å². The molecule has 0 aliphatic carbocycles. The van der Waals surface area contributed by atoms with E-state index in [9.17, 15) is 4.79 Å². The third-order valence-electron chi connectivity index (χ3n) is 3.82. The Kier molecular flexibility index (Phi) is 4.56. The molecular formula is C15H22N2O2. The zero-order valence-corrected chi connectivity index (χ0v) is 11.6. The van der Waals surface area contributed by atoms with Crippen LogP contribution in [0.3, 0.4) is 0 Å². The molecule has 1 aromatic carbocycles. The number of anilines is 1. The molecule has 1 aliphatic rings. The maximum absolute atomic E-state index is 11.6. The predicted molar refractivity (Wildman–Crippen MR) is 76.1 cm³/mol. The third-order valence-corrected chi connectivity index (χ3v) is 3.82. The van der Waals surface area contributed by atoms with Crippen LogP contribution in [0.4, 0.5) is 5.69 Å². The van der Waals surface area contributed by atoms with Crippen molar-refractivity contribution in [2.45, 2.75) is 26.3 Å². The van der Waals surface area contributed by atoms with Crippen LogP contribution in [0.15, 0.2) is 18.2 Å². The highest BCUT2D eigenvalue weighted by atomic mass is 16.3. The molecule has 0 bridgehead atoms. The summed E-state index contributed by atoms with van der Waals surface area (Å²) in [7, 11) is 1.82. The average Bonchev–Trinajstić information content (AvgIpc) is 2.70. The molecular weight excluding hydrogens is 240 g/mol. The molecule has 0 saturated carbocycles. The molecule has 2 rings (SSSR count). The Balaban J connectivity index is 1.93. The topological polar surface area (TPSA) is 52.6 Å². The number of hydrogen-bond acceptors (Lipinski definition) is 3. The molecule has 1 aromatic rings. The molecule has 104 valence electrons. The van der Waals surface area contributed by atoms with Gasteiger partial charge in [-0.25, -0.2) is 0 Å². The van der Waals surface area contributed by atoms with Crippen molar-refractivity contribution >= 4 is 11.6 Å². The van der Waals surface area contributed by atoms with Crippen LogP contribution in [0.25, 0.3) is 0 Å². The van der Waals surface area contributed by atoms with Crippen molar-refractivity contribution in [3.05, 3.63) is 29.3 Å². The van der Waals surface area contributed by atoms with Crippen molar-refractivity contribution in [2.24, 2.45) is 5.92 Å². The highest BCUT2D eigenvalue weighted by Gasteiger charge is 2.23. The Hall–Kier alpha value is -1.39. The number of benzene rings is 1. The maximum atomic E-state index is 11.6. The summed E-state index contributed by atoms with van der Waals surface area (Å²) >= 11 is 0. The first-order valence-corrected chi connectivity index (χ1v) is 6.85. The van der Waals surface area contributed by atoms with Gasteiger partial charge in [-0.1, -0.05) is 19.1 Å². The van der Waals surface area contributed by atoms with Crippen LogP contribution < -0.4 is 10.2 Å². The van der Waals surface area contributed by atoms with E-state index < -0.39 is 0 Å². The summed E-state index contributed by atoms with van der Waals surface area (Å²) in [5.41, 5.74) is 3.33. The average molecular weight is 262 g/mol. The Labute approximate surface area is 114 Å². The fourth-order valence-corrected chi connectivity index (χ4v) is 2.39. The van der Waals surface area contributed by atoms with Gasteiger partial charge in [0, 0.05) is 32.4 Å². The lowest BCUT2D eigenvalue weighted by atomic mass is 10.1. The van der Waals surface area contributed by atoms with Gasteiger partial charge in [-0.05, 0) is 29.5 Å². The molecule has 19 heavy (non-hydrogen) atoms. The first-order chi connectivity index (χ1) is 9.15. The second-order valence-corrected chi connectivity index (χ2v) is 5.18. The molecule has 0 radical (unpaired) electrons. The molecule has 0 fully saturated rings. The lowest BCUT2D eigenvalue weighted by Gasteiger charge is -2.13. The normalized spacial score (nSPS) is 15.7. The lowest BCUT2D eigenvalue weighted by molar-refractivity contribution is -0.117. The summed E-state index contributed by atoms with van der Waals surface area (Å²) in [5, 5.41) is 12.5. The molecule has 0 aromatic heterocycles. The van der Waals surface area contributed by atoms with Gasteiger partial charge in [-0.3, -0.25) is 4.79 Å². The van der Waals surface area contributed by atoms with E-state index in [2.05, 4.69) is 24.4 Å². The summed E-state index contributed by atoms with van der Waals surface area (Å²) in [4.78, 5) is 13.3. The van der Waals surface area contributed by atoms with Gasteiger partial charge in [0.25, 0.3) is 0 Å². The molecule has 0 saturated heterocycles. The van der Waals surface area contributed by atoms with Crippen molar-refractivity contribution in [1.29, 1.82) is 0 Å². The number of nitrogens with zero attached hydrogens (tertiary/aromatic N) is 1. The zero-order valence-electron chi connectivity index (χ0n) is 11.6. The number of likely N-dealkylation sites (N-methyl/N-ethyl adjacent to an activating group) is 1. The zero-order chi connectivity index (χ0) is 13.8. The number of nitrogens with one attached hydrogen (secondary N) is 1. The first kappa shape index (κ1) is 14.0. The molecule has 4 nitrogen and oxygen atoms in total. The first-order valence-electron chi connectivity index (χ1n) is 6.85. The van der Waals surface area contributed by atoms with Crippen molar-refractivity contribution in [2.75, 3.05) is 25.1 Å². The minimum atomic E-state index is 0.159. The van der Waals surface area contributed by atoms with Gasteiger partial charge in [-0.2, -0.15) is 0 Å². The molecule has 1 unspecified atom stereocenters. The quantitative estimate of drug-likeness (QED) is 0.813. The van der Waals surface area contributed by atoms with Gasteiger partial charge in [-0.15, -0.1) is 0 Å². The van der Waals surface area contributed by atoms with Crippen LogP contribution in [0.2, 0.25) is 0 Å². The Bertz CT molecular complexity index is 455. The van der Waals surface area contributed by atoms with Crippen LogP contribution in [0, 0.1) is 5.92 Å². The number of aliphatic hydroxyl groups excluding tert-OH is 1. The second-order valence-electron chi connectivity index (χ2n) is 5.18. The van der Waals surface area contributed by atoms with Crippen LogP contribution in [0.1, 0.15) is 24.5 Å². The number of rotatable bonds is 6. The van der Waals surface area contributed by atoms with Gasteiger partial charge in [0.05, 0.1) is 6.42 Å². The number of fused-ring (bicyclic) bond motifs is 1. The Morgan fingerprint density at radius 1 is 1.47 bits per heavy atom. The highest BCUT2D eigenvalue weighted by molar-refractivity contribution is 6.00. The van der Waals surface area contributed by atoms with Crippen LogP contribution in [-0.4, -0.2) is 31.2 Å². The number of carbonyl (C=O) groups excluding carboxylic acids is 1. The highest BCUT2D eigenvalue weighted by Crippen LogP contribution is 2.28. The summed E-state index contributed by atoms with van der Waals surface area (Å²) in [6.07, 6.45) is 1.49. The molecule has 1 aliphatic heterocycles. The largest absolute Gasteiger partial charge is 0.396 e. The van der Waals surface area contributed by atoms with E-state index in [4.69, 9.17) is 5.11 Å². The minimum absolute atomic E-state index is 0.159. The van der Waals surface area contributed by atoms with Gasteiger partial charge >= 0.3 is 0 Å². The van der Waals surface area contributed by atoms with Crippen LogP contribution in [-0.2, 0) is 17.8 Å². The van der Waals surface area contributed by atoms with E-state index in [0.717, 1.165) is 30.8 Å².